The quantitative estimate of drug-likeness (QED) is 0.511. The molecule has 0 radical (unpaired) electrons. The second-order valence-electron chi connectivity index (χ2n) is 4.04. The minimum Gasteiger partial charge on any atom is -0.486 e. The molecule has 0 aliphatic carbocycles. The molecule has 6 heteroatoms. The van der Waals surface area contributed by atoms with Crippen LogP contribution in [0.25, 0.3) is 0 Å². The third-order valence-electron chi connectivity index (χ3n) is 2.61. The second-order valence-corrected chi connectivity index (χ2v) is 4.95. The molecule has 0 aliphatic heterocycles. The first-order chi connectivity index (χ1) is 9.60. The Morgan fingerprint density at radius 2 is 2.10 bits per heavy atom. The van der Waals surface area contributed by atoms with Crippen molar-refractivity contribution >= 4 is 21.8 Å². The fourth-order valence-corrected chi connectivity index (χ4v) is 1.97. The smallest absolute Gasteiger partial charge is 0.265 e. The van der Waals surface area contributed by atoms with Gasteiger partial charge in [0.05, 0.1) is 0 Å². The zero-order valence-corrected chi connectivity index (χ0v) is 12.0. The molecule has 0 atom stereocenters. The summed E-state index contributed by atoms with van der Waals surface area (Å²) in [6.45, 7) is 0.152. The Morgan fingerprint density at radius 1 is 1.30 bits per heavy atom. The normalized spacial score (nSPS) is 10.2. The number of benzene rings is 2. The van der Waals surface area contributed by atoms with Crippen molar-refractivity contribution in [3.05, 3.63) is 63.9 Å². The van der Waals surface area contributed by atoms with E-state index in [9.17, 15) is 9.18 Å². The van der Waals surface area contributed by atoms with Gasteiger partial charge in [0.1, 0.15) is 6.61 Å². The van der Waals surface area contributed by atoms with Crippen LogP contribution in [0.1, 0.15) is 15.9 Å². The molecular formula is C14H12BrFN2O2. The Hall–Kier alpha value is -1.92. The summed E-state index contributed by atoms with van der Waals surface area (Å²) in [5.74, 6) is 4.39. The van der Waals surface area contributed by atoms with E-state index in [-0.39, 0.29) is 18.3 Å². The van der Waals surface area contributed by atoms with Gasteiger partial charge in [-0.25, -0.2) is 10.2 Å². The first kappa shape index (κ1) is 14.5. The summed E-state index contributed by atoms with van der Waals surface area (Å²) in [7, 11) is 0. The van der Waals surface area contributed by atoms with E-state index in [1.54, 1.807) is 36.4 Å². The number of carbonyl (C=O) groups excluding carboxylic acids is 1. The maximum absolute atomic E-state index is 13.5. The van der Waals surface area contributed by atoms with Crippen LogP contribution in [0.15, 0.2) is 46.9 Å². The monoisotopic (exact) mass is 338 g/mol. The molecule has 4 nitrogen and oxygen atoms in total. The summed E-state index contributed by atoms with van der Waals surface area (Å²) in [6, 6.07) is 11.2. The van der Waals surface area contributed by atoms with Gasteiger partial charge in [-0.2, -0.15) is 0 Å². The average Bonchev–Trinajstić information content (AvgIpc) is 2.47. The van der Waals surface area contributed by atoms with Gasteiger partial charge in [0.15, 0.2) is 11.6 Å². The fraction of sp³-hybridized carbons (Fsp3) is 0.0714. The highest BCUT2D eigenvalue weighted by Crippen LogP contribution is 2.23. The minimum absolute atomic E-state index is 0.146. The lowest BCUT2D eigenvalue weighted by atomic mass is 10.1. The molecule has 0 saturated heterocycles. The summed E-state index contributed by atoms with van der Waals surface area (Å²) in [5, 5.41) is 0. The predicted molar refractivity (Wildman–Crippen MR) is 76.5 cm³/mol. The van der Waals surface area contributed by atoms with E-state index in [1.165, 1.54) is 6.07 Å². The number of hydrogen-bond donors (Lipinski definition) is 2. The molecule has 3 N–H and O–H groups in total. The Labute approximate surface area is 123 Å². The van der Waals surface area contributed by atoms with Crippen molar-refractivity contribution in [3.63, 3.8) is 0 Å². The van der Waals surface area contributed by atoms with Crippen LogP contribution >= 0.6 is 15.9 Å². The summed E-state index contributed by atoms with van der Waals surface area (Å²) in [6.07, 6.45) is 0. The molecule has 104 valence electrons. The number of nitrogen functional groups attached to an aromatic ring is 1. The van der Waals surface area contributed by atoms with Crippen molar-refractivity contribution in [1.82, 2.24) is 5.43 Å². The number of hydrazine groups is 1. The van der Waals surface area contributed by atoms with Crippen molar-refractivity contribution in [2.45, 2.75) is 6.61 Å². The number of rotatable bonds is 4. The van der Waals surface area contributed by atoms with E-state index < -0.39 is 5.82 Å². The third kappa shape index (κ3) is 3.55. The predicted octanol–water partition coefficient (Wildman–Crippen LogP) is 2.77. The fourth-order valence-electron chi connectivity index (χ4n) is 1.63. The topological polar surface area (TPSA) is 64.3 Å². The number of ether oxygens (including phenoxy) is 1. The number of halogens is 2. The zero-order chi connectivity index (χ0) is 14.5. The highest BCUT2D eigenvalue weighted by Gasteiger charge is 2.07. The molecule has 20 heavy (non-hydrogen) atoms. The molecule has 0 aromatic heterocycles. The number of hydrogen-bond acceptors (Lipinski definition) is 3. The van der Waals surface area contributed by atoms with Crippen LogP contribution in [-0.4, -0.2) is 5.91 Å². The van der Waals surface area contributed by atoms with E-state index in [0.29, 0.717) is 5.56 Å². The van der Waals surface area contributed by atoms with E-state index in [4.69, 9.17) is 10.6 Å². The summed E-state index contributed by atoms with van der Waals surface area (Å²) in [5.41, 5.74) is 3.21. The van der Waals surface area contributed by atoms with E-state index in [1.807, 2.05) is 0 Å². The van der Waals surface area contributed by atoms with Crippen molar-refractivity contribution < 1.29 is 13.9 Å². The van der Waals surface area contributed by atoms with Crippen LogP contribution in [-0.2, 0) is 6.61 Å². The molecule has 0 unspecified atom stereocenters. The van der Waals surface area contributed by atoms with Crippen LogP contribution in [0.5, 0.6) is 5.75 Å². The van der Waals surface area contributed by atoms with Crippen LogP contribution < -0.4 is 16.0 Å². The number of nitrogens with one attached hydrogen (secondary N) is 1. The lowest BCUT2D eigenvalue weighted by molar-refractivity contribution is 0.0953. The van der Waals surface area contributed by atoms with Gasteiger partial charge in [-0.1, -0.05) is 28.1 Å². The maximum atomic E-state index is 13.5. The molecule has 2 rings (SSSR count). The average molecular weight is 339 g/mol. The Bertz CT molecular complexity index is 634. The molecule has 0 spiro atoms. The van der Waals surface area contributed by atoms with Crippen molar-refractivity contribution in [2.75, 3.05) is 0 Å². The van der Waals surface area contributed by atoms with E-state index in [2.05, 4.69) is 21.4 Å². The molecule has 0 fully saturated rings. The highest BCUT2D eigenvalue weighted by molar-refractivity contribution is 9.10. The third-order valence-corrected chi connectivity index (χ3v) is 3.10. The van der Waals surface area contributed by atoms with Crippen LogP contribution in [0.4, 0.5) is 4.39 Å². The first-order valence-electron chi connectivity index (χ1n) is 5.78. The molecule has 0 saturated carbocycles. The largest absolute Gasteiger partial charge is 0.486 e. The Kier molecular flexibility index (Phi) is 4.70. The molecule has 0 aliphatic rings. The van der Waals surface area contributed by atoms with Gasteiger partial charge in [0, 0.05) is 10.0 Å². The number of nitrogens with two attached hydrogens (primary N) is 1. The number of carbonyl (C=O) groups is 1. The standard InChI is InChI=1S/C14H12BrFN2O2/c15-11-4-5-12(16)13(7-11)20-8-9-2-1-3-10(6-9)14(19)18-17/h1-7H,8,17H2,(H,18,19). The molecule has 2 aromatic carbocycles. The Balaban J connectivity index is 2.11. The van der Waals surface area contributed by atoms with Gasteiger partial charge in [0.25, 0.3) is 5.91 Å². The maximum Gasteiger partial charge on any atom is 0.265 e. The number of amides is 1. The lowest BCUT2D eigenvalue weighted by Gasteiger charge is -2.08. The zero-order valence-electron chi connectivity index (χ0n) is 10.4. The lowest BCUT2D eigenvalue weighted by Crippen LogP contribution is -2.30. The van der Waals surface area contributed by atoms with Gasteiger partial charge in [-0.15, -0.1) is 0 Å². The molecule has 0 bridgehead atoms. The van der Waals surface area contributed by atoms with Crippen LogP contribution in [0, 0.1) is 5.82 Å². The first-order valence-corrected chi connectivity index (χ1v) is 6.57. The molecule has 1 amide bonds. The van der Waals surface area contributed by atoms with Crippen molar-refractivity contribution in [2.24, 2.45) is 5.84 Å². The summed E-state index contributed by atoms with van der Waals surface area (Å²) < 4.78 is 19.6. The summed E-state index contributed by atoms with van der Waals surface area (Å²) >= 11 is 3.25. The highest BCUT2D eigenvalue weighted by atomic mass is 79.9. The molecule has 0 heterocycles. The molecular weight excluding hydrogens is 327 g/mol. The van der Waals surface area contributed by atoms with Gasteiger partial charge < -0.3 is 4.74 Å². The van der Waals surface area contributed by atoms with Gasteiger partial charge >= 0.3 is 0 Å². The molecule has 2 aromatic rings. The van der Waals surface area contributed by atoms with Gasteiger partial charge in [-0.05, 0) is 35.9 Å². The second kappa shape index (κ2) is 6.49. The van der Waals surface area contributed by atoms with Gasteiger partial charge in [0.2, 0.25) is 0 Å². The SMILES string of the molecule is NNC(=O)c1cccc(COc2cc(Br)ccc2F)c1. The summed E-state index contributed by atoms with van der Waals surface area (Å²) in [4.78, 5) is 11.4. The van der Waals surface area contributed by atoms with Crippen LogP contribution in [0.2, 0.25) is 0 Å². The van der Waals surface area contributed by atoms with Crippen molar-refractivity contribution in [3.8, 4) is 5.75 Å². The minimum atomic E-state index is -0.441. The van der Waals surface area contributed by atoms with Crippen molar-refractivity contribution in [1.29, 1.82) is 0 Å². The van der Waals surface area contributed by atoms with Gasteiger partial charge in [-0.3, -0.25) is 10.2 Å². The van der Waals surface area contributed by atoms with Crippen LogP contribution in [0.3, 0.4) is 0 Å². The Morgan fingerprint density at radius 3 is 2.85 bits per heavy atom. The van der Waals surface area contributed by atoms with E-state index in [0.717, 1.165) is 10.0 Å². The van der Waals surface area contributed by atoms with E-state index >= 15 is 0 Å².